The molecule has 0 radical (unpaired) electrons. The molecule has 0 saturated heterocycles. The number of amides is 1. The van der Waals surface area contributed by atoms with E-state index in [0.29, 0.717) is 5.13 Å². The van der Waals surface area contributed by atoms with Crippen LogP contribution in [0.25, 0.3) is 0 Å². The van der Waals surface area contributed by atoms with E-state index in [0.717, 1.165) is 30.6 Å². The van der Waals surface area contributed by atoms with E-state index in [4.69, 9.17) is 5.11 Å². The van der Waals surface area contributed by atoms with Crippen LogP contribution in [0.3, 0.4) is 0 Å². The summed E-state index contributed by atoms with van der Waals surface area (Å²) >= 11 is 1.33. The highest BCUT2D eigenvalue weighted by atomic mass is 32.1. The third kappa shape index (κ3) is 2.89. The lowest BCUT2D eigenvalue weighted by molar-refractivity contribution is -0.124. The number of carbonyl (C=O) groups is 1. The summed E-state index contributed by atoms with van der Waals surface area (Å²) in [6.45, 7) is 1.84. The zero-order chi connectivity index (χ0) is 13.0. The van der Waals surface area contributed by atoms with Crippen molar-refractivity contribution in [1.29, 1.82) is 0 Å². The van der Waals surface area contributed by atoms with E-state index in [1.807, 2.05) is 6.92 Å². The molecule has 1 aliphatic rings. The maximum absolute atomic E-state index is 12.1. The predicted molar refractivity (Wildman–Crippen MR) is 71.3 cm³/mol. The van der Waals surface area contributed by atoms with Crippen molar-refractivity contribution in [3.8, 4) is 11.8 Å². The maximum atomic E-state index is 12.1. The summed E-state index contributed by atoms with van der Waals surface area (Å²) in [5.41, 5.74) is -0.247. The van der Waals surface area contributed by atoms with E-state index in [-0.39, 0.29) is 17.9 Å². The Morgan fingerprint density at radius 2 is 2.33 bits per heavy atom. The Morgan fingerprint density at radius 1 is 1.61 bits per heavy atom. The second-order valence-corrected chi connectivity index (χ2v) is 5.74. The van der Waals surface area contributed by atoms with Gasteiger partial charge in [-0.15, -0.1) is 0 Å². The number of nitrogens with one attached hydrogen (secondary N) is 1. The van der Waals surface area contributed by atoms with E-state index in [1.54, 1.807) is 6.20 Å². The zero-order valence-corrected chi connectivity index (χ0v) is 11.1. The molecule has 1 saturated carbocycles. The number of nitrogens with zero attached hydrogens (tertiary/aromatic N) is 1. The normalized spacial score (nSPS) is 17.0. The predicted octanol–water partition coefficient (Wildman–Crippen LogP) is 2.01. The second kappa shape index (κ2) is 5.51. The monoisotopic (exact) mass is 264 g/mol. The molecule has 0 aliphatic heterocycles. The molecule has 1 heterocycles. The standard InChI is InChI=1S/C13H16N2O2S/c1-13(6-2-3-7-13)11(17)15-12-14-9-10(18-12)5-4-8-16/h9,16H,2-3,6-8H2,1H3,(H,14,15,17). The van der Waals surface area contributed by atoms with E-state index in [9.17, 15) is 4.79 Å². The fourth-order valence-corrected chi connectivity index (χ4v) is 2.83. The molecule has 0 aromatic carbocycles. The molecule has 2 rings (SSSR count). The van der Waals surface area contributed by atoms with Gasteiger partial charge in [-0.1, -0.05) is 42.9 Å². The number of aliphatic hydroxyl groups excluding tert-OH is 1. The SMILES string of the molecule is CC1(C(=O)Nc2ncc(C#CCO)s2)CCCC1. The number of hydrogen-bond donors (Lipinski definition) is 2. The van der Waals surface area contributed by atoms with E-state index in [1.165, 1.54) is 11.3 Å². The summed E-state index contributed by atoms with van der Waals surface area (Å²) in [7, 11) is 0. The van der Waals surface area contributed by atoms with Gasteiger partial charge in [-0.2, -0.15) is 0 Å². The molecule has 96 valence electrons. The first kappa shape index (κ1) is 13.1. The maximum Gasteiger partial charge on any atom is 0.232 e. The first-order valence-corrected chi connectivity index (χ1v) is 6.83. The highest BCUT2D eigenvalue weighted by Crippen LogP contribution is 2.38. The summed E-state index contributed by atoms with van der Waals surface area (Å²) < 4.78 is 0. The lowest BCUT2D eigenvalue weighted by Gasteiger charge is -2.21. The molecule has 1 aliphatic carbocycles. The van der Waals surface area contributed by atoms with Crippen molar-refractivity contribution in [2.24, 2.45) is 5.41 Å². The highest BCUT2D eigenvalue weighted by Gasteiger charge is 2.36. The Balaban J connectivity index is 2.01. The molecule has 2 N–H and O–H groups in total. The average Bonchev–Trinajstić information content (AvgIpc) is 2.97. The van der Waals surface area contributed by atoms with E-state index >= 15 is 0 Å². The lowest BCUT2D eigenvalue weighted by atomic mass is 9.88. The van der Waals surface area contributed by atoms with Gasteiger partial charge in [-0.05, 0) is 12.8 Å². The zero-order valence-electron chi connectivity index (χ0n) is 10.3. The minimum Gasteiger partial charge on any atom is -0.384 e. The van der Waals surface area contributed by atoms with Crippen LogP contribution in [0.15, 0.2) is 6.20 Å². The molecule has 0 bridgehead atoms. The number of aliphatic hydroxyl groups is 1. The molecule has 1 amide bonds. The number of aromatic nitrogens is 1. The smallest absolute Gasteiger partial charge is 0.232 e. The average molecular weight is 264 g/mol. The minimum atomic E-state index is -0.247. The summed E-state index contributed by atoms with van der Waals surface area (Å²) in [6, 6.07) is 0. The fourth-order valence-electron chi connectivity index (χ4n) is 2.15. The Hall–Kier alpha value is -1.38. The van der Waals surface area contributed by atoms with Gasteiger partial charge in [0.2, 0.25) is 5.91 Å². The van der Waals surface area contributed by atoms with Crippen molar-refractivity contribution >= 4 is 22.4 Å². The summed E-state index contributed by atoms with van der Waals surface area (Å²) in [5.74, 6) is 5.38. The Labute approximate surface area is 110 Å². The summed E-state index contributed by atoms with van der Waals surface area (Å²) in [4.78, 5) is 17.0. The van der Waals surface area contributed by atoms with Crippen molar-refractivity contribution in [1.82, 2.24) is 4.98 Å². The number of thiazole rings is 1. The van der Waals surface area contributed by atoms with Gasteiger partial charge >= 0.3 is 0 Å². The van der Waals surface area contributed by atoms with Crippen LogP contribution in [-0.2, 0) is 4.79 Å². The van der Waals surface area contributed by atoms with Crippen molar-refractivity contribution in [2.45, 2.75) is 32.6 Å². The van der Waals surface area contributed by atoms with Crippen LogP contribution in [0.5, 0.6) is 0 Å². The van der Waals surface area contributed by atoms with Crippen molar-refractivity contribution < 1.29 is 9.90 Å². The summed E-state index contributed by atoms with van der Waals surface area (Å²) in [6.07, 6.45) is 5.74. The third-order valence-corrected chi connectivity index (χ3v) is 4.10. The van der Waals surface area contributed by atoms with Gasteiger partial charge < -0.3 is 10.4 Å². The number of anilines is 1. The van der Waals surface area contributed by atoms with Gasteiger partial charge in [0.25, 0.3) is 0 Å². The van der Waals surface area contributed by atoms with Crippen LogP contribution in [0.1, 0.15) is 37.5 Å². The van der Waals surface area contributed by atoms with Crippen molar-refractivity contribution in [2.75, 3.05) is 11.9 Å². The molecule has 1 aromatic rings. The van der Waals surface area contributed by atoms with Gasteiger partial charge in [0.1, 0.15) is 6.61 Å². The van der Waals surface area contributed by atoms with Crippen LogP contribution in [0, 0.1) is 17.3 Å². The van der Waals surface area contributed by atoms with Crippen molar-refractivity contribution in [3.05, 3.63) is 11.1 Å². The Bertz CT molecular complexity index is 493. The molecule has 0 atom stereocenters. The second-order valence-electron chi connectivity index (χ2n) is 4.71. The number of rotatable bonds is 2. The lowest BCUT2D eigenvalue weighted by Crippen LogP contribution is -2.30. The van der Waals surface area contributed by atoms with Crippen LogP contribution in [0.2, 0.25) is 0 Å². The quantitative estimate of drug-likeness (QED) is 0.803. The van der Waals surface area contributed by atoms with Gasteiger partial charge in [-0.25, -0.2) is 4.98 Å². The molecular weight excluding hydrogens is 248 g/mol. The summed E-state index contributed by atoms with van der Waals surface area (Å²) in [5, 5.41) is 12.0. The van der Waals surface area contributed by atoms with Crippen LogP contribution >= 0.6 is 11.3 Å². The first-order valence-electron chi connectivity index (χ1n) is 6.01. The molecule has 1 aromatic heterocycles. The first-order chi connectivity index (χ1) is 8.64. The Morgan fingerprint density at radius 3 is 3.00 bits per heavy atom. The molecule has 0 spiro atoms. The van der Waals surface area contributed by atoms with Gasteiger partial charge in [0, 0.05) is 5.41 Å². The topological polar surface area (TPSA) is 62.2 Å². The molecule has 5 heteroatoms. The number of carbonyl (C=O) groups excluding carboxylic acids is 1. The third-order valence-electron chi connectivity index (χ3n) is 3.27. The van der Waals surface area contributed by atoms with Gasteiger partial charge in [0.15, 0.2) is 5.13 Å². The molecule has 0 unspecified atom stereocenters. The minimum absolute atomic E-state index is 0.0519. The van der Waals surface area contributed by atoms with Crippen molar-refractivity contribution in [3.63, 3.8) is 0 Å². The molecule has 1 fully saturated rings. The largest absolute Gasteiger partial charge is 0.384 e. The van der Waals surface area contributed by atoms with Gasteiger partial charge in [0.05, 0.1) is 11.1 Å². The fraction of sp³-hybridized carbons (Fsp3) is 0.538. The Kier molecular flexibility index (Phi) is 4.00. The van der Waals surface area contributed by atoms with Gasteiger partial charge in [-0.3, -0.25) is 4.79 Å². The van der Waals surface area contributed by atoms with Crippen LogP contribution in [0.4, 0.5) is 5.13 Å². The molecule has 4 nitrogen and oxygen atoms in total. The number of hydrogen-bond acceptors (Lipinski definition) is 4. The molecular formula is C13H16N2O2S. The molecule has 18 heavy (non-hydrogen) atoms. The highest BCUT2D eigenvalue weighted by molar-refractivity contribution is 7.16. The van der Waals surface area contributed by atoms with Crippen LogP contribution in [-0.4, -0.2) is 22.6 Å². The van der Waals surface area contributed by atoms with Crippen LogP contribution < -0.4 is 5.32 Å². The van der Waals surface area contributed by atoms with E-state index in [2.05, 4.69) is 22.1 Å². The van der Waals surface area contributed by atoms with E-state index < -0.39 is 0 Å².